The van der Waals surface area contributed by atoms with Crippen molar-refractivity contribution in [3.05, 3.63) is 36.5 Å². The number of hydrogen-bond donors (Lipinski definition) is 0. The first-order chi connectivity index (χ1) is 7.65. The van der Waals surface area contributed by atoms with E-state index >= 15 is 0 Å². The predicted octanol–water partition coefficient (Wildman–Crippen LogP) is 3.14. The van der Waals surface area contributed by atoms with Gasteiger partial charge in [0, 0.05) is 12.4 Å². The highest BCUT2D eigenvalue weighted by atomic mass is 79.9. The summed E-state index contributed by atoms with van der Waals surface area (Å²) in [4.78, 5) is 11.8. The molecule has 0 aromatic heterocycles. The molecule has 1 aliphatic heterocycles. The van der Waals surface area contributed by atoms with Crippen LogP contribution in [0.3, 0.4) is 0 Å². The van der Waals surface area contributed by atoms with Crippen LogP contribution in [0.15, 0.2) is 36.5 Å². The molecule has 0 saturated carbocycles. The number of halogens is 1. The molecule has 0 atom stereocenters. The number of rotatable bonds is 3. The smallest absolute Gasteiger partial charge is 0.409 e. The molecule has 16 heavy (non-hydrogen) atoms. The molecule has 1 fully saturated rings. The lowest BCUT2D eigenvalue weighted by Gasteiger charge is -1.98. The normalized spacial score (nSPS) is 15.8. The van der Waals surface area contributed by atoms with Gasteiger partial charge < -0.3 is 9.64 Å². The molecule has 4 heteroatoms. The van der Waals surface area contributed by atoms with Gasteiger partial charge in [0.25, 0.3) is 0 Å². The summed E-state index contributed by atoms with van der Waals surface area (Å²) in [6, 6.07) is 0. The van der Waals surface area contributed by atoms with Gasteiger partial charge in [-0.25, -0.2) is 4.79 Å². The van der Waals surface area contributed by atoms with E-state index < -0.39 is 0 Å². The fraction of sp³-hybridized carbons (Fsp3) is 0.417. The van der Waals surface area contributed by atoms with E-state index in [2.05, 4.69) is 27.2 Å². The van der Waals surface area contributed by atoms with E-state index in [9.17, 15) is 4.79 Å². The second-order valence-corrected chi connectivity index (χ2v) is 3.70. The lowest BCUT2D eigenvalue weighted by Crippen LogP contribution is -2.17. The first kappa shape index (κ1) is 15.0. The van der Waals surface area contributed by atoms with E-state index in [0.29, 0.717) is 6.61 Å². The number of ether oxygens (including phenoxy) is 1. The molecule has 0 aliphatic carbocycles. The second kappa shape index (κ2) is 9.21. The highest BCUT2D eigenvalue weighted by Crippen LogP contribution is 2.00. The quantitative estimate of drug-likeness (QED) is 0.590. The minimum atomic E-state index is -0.208. The Labute approximate surface area is 106 Å². The van der Waals surface area contributed by atoms with Crippen molar-refractivity contribution in [1.82, 2.24) is 4.90 Å². The summed E-state index contributed by atoms with van der Waals surface area (Å²) in [5.74, 6) is 0. The standard InChI is InChI=1S/C8H11Br.C4H7NO2/c1-3-5-6-8(4-2)7-9;1-5-2-3-7-4(5)6/h3-6H,2,7H2,1H3;2-3H2,1H3/b5-3-,8-6+;. The van der Waals surface area contributed by atoms with Crippen molar-refractivity contribution in [2.45, 2.75) is 6.92 Å². The summed E-state index contributed by atoms with van der Waals surface area (Å²) >= 11 is 3.33. The molecule has 1 rings (SSSR count). The zero-order chi connectivity index (χ0) is 12.4. The van der Waals surface area contributed by atoms with Gasteiger partial charge in [-0.3, -0.25) is 0 Å². The Morgan fingerprint density at radius 2 is 2.38 bits per heavy atom. The maximum Gasteiger partial charge on any atom is 0.409 e. The minimum Gasteiger partial charge on any atom is -0.448 e. The maximum absolute atomic E-state index is 10.3. The molecule has 0 spiro atoms. The third-order valence-corrected chi connectivity index (χ3v) is 2.53. The summed E-state index contributed by atoms with van der Waals surface area (Å²) in [6.07, 6.45) is 7.65. The lowest BCUT2D eigenvalue weighted by molar-refractivity contribution is 0.163. The molecule has 0 unspecified atom stereocenters. The van der Waals surface area contributed by atoms with Crippen molar-refractivity contribution >= 4 is 22.0 Å². The minimum absolute atomic E-state index is 0.208. The molecule has 3 nitrogen and oxygen atoms in total. The van der Waals surface area contributed by atoms with E-state index in [1.807, 2.05) is 31.2 Å². The second-order valence-electron chi connectivity index (χ2n) is 3.14. The maximum atomic E-state index is 10.3. The number of alkyl halides is 1. The molecule has 90 valence electrons. The summed E-state index contributed by atoms with van der Waals surface area (Å²) in [6.45, 7) is 6.93. The number of cyclic esters (lactones) is 1. The predicted molar refractivity (Wildman–Crippen MR) is 70.9 cm³/mol. The van der Waals surface area contributed by atoms with Crippen LogP contribution in [-0.4, -0.2) is 36.5 Å². The molecule has 0 aromatic rings. The van der Waals surface area contributed by atoms with Gasteiger partial charge in [0.15, 0.2) is 0 Å². The number of nitrogens with zero attached hydrogens (tertiary/aromatic N) is 1. The zero-order valence-corrected chi connectivity index (χ0v) is 11.4. The van der Waals surface area contributed by atoms with Crippen LogP contribution < -0.4 is 0 Å². The Morgan fingerprint density at radius 3 is 2.62 bits per heavy atom. The van der Waals surface area contributed by atoms with E-state index in [4.69, 9.17) is 0 Å². The van der Waals surface area contributed by atoms with Gasteiger partial charge in [0.1, 0.15) is 6.61 Å². The summed E-state index contributed by atoms with van der Waals surface area (Å²) in [5, 5.41) is 0.876. The van der Waals surface area contributed by atoms with Crippen molar-refractivity contribution < 1.29 is 9.53 Å². The average Bonchev–Trinajstić information content (AvgIpc) is 2.66. The number of allylic oxidation sites excluding steroid dienone is 5. The highest BCUT2D eigenvalue weighted by molar-refractivity contribution is 9.09. The molecule has 0 bridgehead atoms. The number of likely N-dealkylation sites (N-methyl/N-ethyl adjacent to an activating group) is 1. The van der Waals surface area contributed by atoms with E-state index in [0.717, 1.165) is 11.9 Å². The van der Waals surface area contributed by atoms with Crippen LogP contribution in [0.2, 0.25) is 0 Å². The van der Waals surface area contributed by atoms with Crippen molar-refractivity contribution in [2.75, 3.05) is 25.5 Å². The zero-order valence-electron chi connectivity index (χ0n) is 9.78. The molecule has 1 saturated heterocycles. The van der Waals surface area contributed by atoms with Crippen LogP contribution in [0.25, 0.3) is 0 Å². The molecule has 0 aromatic carbocycles. The van der Waals surface area contributed by atoms with Crippen LogP contribution in [0.5, 0.6) is 0 Å². The van der Waals surface area contributed by atoms with E-state index in [1.165, 1.54) is 5.57 Å². The Hall–Kier alpha value is -1.03. The van der Waals surface area contributed by atoms with Crippen LogP contribution >= 0.6 is 15.9 Å². The van der Waals surface area contributed by atoms with Crippen molar-refractivity contribution in [2.24, 2.45) is 0 Å². The third-order valence-electron chi connectivity index (χ3n) is 1.88. The first-order valence-electron chi connectivity index (χ1n) is 5.03. The lowest BCUT2D eigenvalue weighted by atomic mass is 10.3. The molecular weight excluding hydrogens is 270 g/mol. The van der Waals surface area contributed by atoms with Crippen molar-refractivity contribution in [1.29, 1.82) is 0 Å². The summed E-state index contributed by atoms with van der Waals surface area (Å²) in [5.41, 5.74) is 1.20. The molecule has 0 N–H and O–H groups in total. The fourth-order valence-electron chi connectivity index (χ4n) is 0.858. The molecule has 1 heterocycles. The van der Waals surface area contributed by atoms with Crippen LogP contribution in [-0.2, 0) is 4.74 Å². The van der Waals surface area contributed by atoms with Gasteiger partial charge in [0.2, 0.25) is 0 Å². The average molecular weight is 288 g/mol. The number of amides is 1. The topological polar surface area (TPSA) is 29.5 Å². The SMILES string of the molecule is C=C/C(=C\C=C/C)CBr.CN1CCOC1=O. The molecule has 1 amide bonds. The fourth-order valence-corrected chi connectivity index (χ4v) is 1.27. The Morgan fingerprint density at radius 1 is 1.69 bits per heavy atom. The molecule has 1 aliphatic rings. The van der Waals surface area contributed by atoms with Crippen molar-refractivity contribution in [3.63, 3.8) is 0 Å². The van der Waals surface area contributed by atoms with Gasteiger partial charge in [-0.1, -0.05) is 46.8 Å². The van der Waals surface area contributed by atoms with Gasteiger partial charge in [0.05, 0.1) is 6.54 Å². The van der Waals surface area contributed by atoms with Gasteiger partial charge >= 0.3 is 6.09 Å². The number of carbonyl (C=O) groups excluding carboxylic acids is 1. The van der Waals surface area contributed by atoms with Crippen LogP contribution in [0.1, 0.15) is 6.92 Å². The highest BCUT2D eigenvalue weighted by Gasteiger charge is 2.15. The summed E-state index contributed by atoms with van der Waals surface area (Å²) < 4.78 is 4.55. The number of hydrogen-bond acceptors (Lipinski definition) is 2. The number of carbonyl (C=O) groups is 1. The Balaban J connectivity index is 0.000000288. The van der Waals surface area contributed by atoms with Gasteiger partial charge in [-0.2, -0.15) is 0 Å². The first-order valence-corrected chi connectivity index (χ1v) is 6.16. The summed E-state index contributed by atoms with van der Waals surface area (Å²) in [7, 11) is 1.72. The van der Waals surface area contributed by atoms with Gasteiger partial charge in [-0.15, -0.1) is 0 Å². The molecular formula is C12H18BrNO2. The largest absolute Gasteiger partial charge is 0.448 e. The monoisotopic (exact) mass is 287 g/mol. The third kappa shape index (κ3) is 6.45. The van der Waals surface area contributed by atoms with Gasteiger partial charge in [-0.05, 0) is 12.5 Å². The van der Waals surface area contributed by atoms with E-state index in [1.54, 1.807) is 11.9 Å². The van der Waals surface area contributed by atoms with Crippen LogP contribution in [0.4, 0.5) is 4.79 Å². The van der Waals surface area contributed by atoms with Crippen molar-refractivity contribution in [3.8, 4) is 0 Å². The molecule has 0 radical (unpaired) electrons. The Kier molecular flexibility index (Phi) is 8.62. The van der Waals surface area contributed by atoms with E-state index in [-0.39, 0.29) is 6.09 Å². The Bertz CT molecular complexity index is 285. The van der Waals surface area contributed by atoms with Crippen LogP contribution in [0, 0.1) is 0 Å².